The molecule has 1 aromatic rings. The Kier molecular flexibility index (Phi) is 4.61. The van der Waals surface area contributed by atoms with Crippen LogP contribution in [0, 0.1) is 5.92 Å². The van der Waals surface area contributed by atoms with Crippen molar-refractivity contribution in [1.29, 1.82) is 0 Å². The number of urea groups is 1. The number of rotatable bonds is 3. The molecule has 6 heteroatoms. The maximum Gasteiger partial charge on any atom is 0.317 e. The summed E-state index contributed by atoms with van der Waals surface area (Å²) in [6, 6.07) is 9.77. The van der Waals surface area contributed by atoms with Crippen LogP contribution in [0.25, 0.3) is 0 Å². The van der Waals surface area contributed by atoms with Crippen molar-refractivity contribution in [3.05, 3.63) is 30.3 Å². The summed E-state index contributed by atoms with van der Waals surface area (Å²) in [5, 5.41) is 6.09. The van der Waals surface area contributed by atoms with Crippen LogP contribution < -0.4 is 10.6 Å². The van der Waals surface area contributed by atoms with Gasteiger partial charge in [-0.25, -0.2) is 4.79 Å². The smallest absolute Gasteiger partial charge is 0.317 e. The number of hydrogen-bond acceptors (Lipinski definition) is 3. The number of anilines is 1. The molecule has 3 amide bonds. The van der Waals surface area contributed by atoms with Gasteiger partial charge >= 0.3 is 6.03 Å². The van der Waals surface area contributed by atoms with Gasteiger partial charge in [-0.1, -0.05) is 31.0 Å². The highest BCUT2D eigenvalue weighted by atomic mass is 16.5. The van der Waals surface area contributed by atoms with E-state index in [-0.39, 0.29) is 30.1 Å². The summed E-state index contributed by atoms with van der Waals surface area (Å²) in [7, 11) is 0. The molecule has 134 valence electrons. The van der Waals surface area contributed by atoms with E-state index in [1.807, 2.05) is 35.2 Å². The van der Waals surface area contributed by atoms with Gasteiger partial charge in [0.15, 0.2) is 0 Å². The third kappa shape index (κ3) is 3.63. The average molecular weight is 343 g/mol. The minimum atomic E-state index is -0.211. The average Bonchev–Trinajstić information content (AvgIpc) is 3.23. The zero-order chi connectivity index (χ0) is 17.2. The van der Waals surface area contributed by atoms with Gasteiger partial charge in [0.05, 0.1) is 18.1 Å². The molecule has 3 atom stereocenters. The van der Waals surface area contributed by atoms with Crippen LogP contribution in [0.3, 0.4) is 0 Å². The molecule has 2 N–H and O–H groups in total. The molecule has 1 aromatic carbocycles. The number of hydrogen-bond donors (Lipinski definition) is 2. The van der Waals surface area contributed by atoms with E-state index in [0.29, 0.717) is 25.6 Å². The second-order valence-electron chi connectivity index (χ2n) is 7.33. The summed E-state index contributed by atoms with van der Waals surface area (Å²) < 4.78 is 5.94. The van der Waals surface area contributed by atoms with Crippen molar-refractivity contribution in [2.45, 2.75) is 50.4 Å². The Bertz CT molecular complexity index is 630. The number of likely N-dealkylation sites (tertiary alicyclic amines) is 1. The van der Waals surface area contributed by atoms with Gasteiger partial charge in [-0.3, -0.25) is 4.79 Å². The van der Waals surface area contributed by atoms with Crippen molar-refractivity contribution >= 4 is 17.6 Å². The lowest BCUT2D eigenvalue weighted by atomic mass is 9.99. The molecule has 4 rings (SSSR count). The van der Waals surface area contributed by atoms with Gasteiger partial charge in [0, 0.05) is 24.8 Å². The normalized spacial score (nSPS) is 28.8. The summed E-state index contributed by atoms with van der Waals surface area (Å²) in [5.41, 5.74) is 0.796. The topological polar surface area (TPSA) is 70.7 Å². The number of para-hydroxylation sites is 1. The first kappa shape index (κ1) is 16.4. The van der Waals surface area contributed by atoms with Crippen LogP contribution in [-0.2, 0) is 9.53 Å². The van der Waals surface area contributed by atoms with Crippen molar-refractivity contribution in [3.8, 4) is 0 Å². The van der Waals surface area contributed by atoms with Crippen LogP contribution in [0.2, 0.25) is 0 Å². The van der Waals surface area contributed by atoms with E-state index in [1.54, 1.807) is 0 Å². The quantitative estimate of drug-likeness (QED) is 0.885. The number of nitrogens with one attached hydrogen (secondary N) is 2. The third-order valence-electron chi connectivity index (χ3n) is 5.51. The van der Waals surface area contributed by atoms with Crippen molar-refractivity contribution in [3.63, 3.8) is 0 Å². The van der Waals surface area contributed by atoms with Gasteiger partial charge in [-0.2, -0.15) is 0 Å². The zero-order valence-electron chi connectivity index (χ0n) is 14.3. The number of morpholine rings is 1. The van der Waals surface area contributed by atoms with E-state index in [2.05, 4.69) is 10.6 Å². The number of benzene rings is 1. The Hall–Kier alpha value is -2.08. The first-order chi connectivity index (χ1) is 12.2. The van der Waals surface area contributed by atoms with Gasteiger partial charge < -0.3 is 20.3 Å². The van der Waals surface area contributed by atoms with E-state index in [1.165, 1.54) is 12.8 Å². The zero-order valence-corrected chi connectivity index (χ0v) is 14.3. The highest BCUT2D eigenvalue weighted by Crippen LogP contribution is 2.33. The summed E-state index contributed by atoms with van der Waals surface area (Å²) in [4.78, 5) is 26.9. The van der Waals surface area contributed by atoms with Crippen LogP contribution >= 0.6 is 0 Å². The summed E-state index contributed by atoms with van der Waals surface area (Å²) in [6.07, 6.45) is 4.96. The van der Waals surface area contributed by atoms with Crippen LogP contribution in [0.1, 0.15) is 32.1 Å². The Morgan fingerprint density at radius 1 is 1.08 bits per heavy atom. The lowest BCUT2D eigenvalue weighted by Crippen LogP contribution is -2.52. The Labute approximate surface area is 147 Å². The van der Waals surface area contributed by atoms with Gasteiger partial charge in [0.2, 0.25) is 5.91 Å². The maximum absolute atomic E-state index is 12.6. The molecular formula is C19H25N3O3. The van der Waals surface area contributed by atoms with Gasteiger partial charge in [-0.15, -0.1) is 0 Å². The molecule has 1 aliphatic carbocycles. The third-order valence-corrected chi connectivity index (χ3v) is 5.51. The number of nitrogens with zero attached hydrogens (tertiary/aromatic N) is 1. The molecule has 0 spiro atoms. The number of amides is 3. The monoisotopic (exact) mass is 343 g/mol. The highest BCUT2D eigenvalue weighted by molar-refractivity contribution is 5.93. The van der Waals surface area contributed by atoms with Gasteiger partial charge in [0.25, 0.3) is 0 Å². The first-order valence-corrected chi connectivity index (χ1v) is 9.26. The molecule has 3 aliphatic rings. The fourth-order valence-electron chi connectivity index (χ4n) is 4.19. The molecule has 6 nitrogen and oxygen atoms in total. The molecule has 25 heavy (non-hydrogen) atoms. The molecule has 1 saturated carbocycles. The lowest BCUT2D eigenvalue weighted by molar-refractivity contribution is -0.122. The number of carbonyl (C=O) groups excluding carboxylic acids is 2. The molecular weight excluding hydrogens is 318 g/mol. The minimum absolute atomic E-state index is 0.00526. The predicted molar refractivity (Wildman–Crippen MR) is 94.2 cm³/mol. The van der Waals surface area contributed by atoms with Crippen LogP contribution in [0.5, 0.6) is 0 Å². The highest BCUT2D eigenvalue weighted by Gasteiger charge is 2.46. The number of carbonyl (C=O) groups is 2. The van der Waals surface area contributed by atoms with Crippen molar-refractivity contribution in [2.75, 3.05) is 18.4 Å². The van der Waals surface area contributed by atoms with Crippen molar-refractivity contribution < 1.29 is 14.3 Å². The molecule has 3 fully saturated rings. The number of fused-ring (bicyclic) bond motifs is 2. The molecule has 2 aliphatic heterocycles. The fourth-order valence-corrected chi connectivity index (χ4v) is 4.19. The predicted octanol–water partition coefficient (Wildman–Crippen LogP) is 2.37. The second-order valence-corrected chi connectivity index (χ2v) is 7.33. The van der Waals surface area contributed by atoms with Crippen molar-refractivity contribution in [1.82, 2.24) is 10.2 Å². The maximum atomic E-state index is 12.6. The van der Waals surface area contributed by atoms with E-state index in [0.717, 1.165) is 18.5 Å². The molecule has 2 saturated heterocycles. The summed E-state index contributed by atoms with van der Waals surface area (Å²) >= 11 is 0. The SMILES string of the molecule is O=C(Nc1ccccc1)[C@@H]1C[C@H]2CN(C(=O)NC3CCCC3)C[C@@H]1O2. The van der Waals surface area contributed by atoms with Crippen LogP contribution in [0.15, 0.2) is 30.3 Å². The van der Waals surface area contributed by atoms with Crippen molar-refractivity contribution in [2.24, 2.45) is 5.92 Å². The summed E-state index contributed by atoms with van der Waals surface area (Å²) in [5.74, 6) is -0.216. The molecule has 2 heterocycles. The minimum Gasteiger partial charge on any atom is -0.370 e. The Morgan fingerprint density at radius 2 is 1.84 bits per heavy atom. The van der Waals surface area contributed by atoms with Crippen LogP contribution in [0.4, 0.5) is 10.5 Å². The molecule has 0 radical (unpaired) electrons. The number of ether oxygens (including phenoxy) is 1. The van der Waals surface area contributed by atoms with Gasteiger partial charge in [-0.05, 0) is 31.4 Å². The fraction of sp³-hybridized carbons (Fsp3) is 0.579. The molecule has 2 bridgehead atoms. The Morgan fingerprint density at radius 3 is 2.60 bits per heavy atom. The van der Waals surface area contributed by atoms with Crippen LogP contribution in [-0.4, -0.2) is 48.2 Å². The molecule has 0 unspecified atom stereocenters. The van der Waals surface area contributed by atoms with E-state index >= 15 is 0 Å². The van der Waals surface area contributed by atoms with E-state index in [4.69, 9.17) is 4.74 Å². The van der Waals surface area contributed by atoms with E-state index in [9.17, 15) is 9.59 Å². The standard InChI is InChI=1S/C19H25N3O3/c23-18(20-13-6-2-1-3-7-13)16-10-15-11-22(12-17(16)25-15)19(24)21-14-8-4-5-9-14/h1-3,6-7,14-17H,4-5,8-12H2,(H,20,23)(H,21,24)/t15-,16+,17-/m0/s1. The molecule has 0 aromatic heterocycles. The van der Waals surface area contributed by atoms with Gasteiger partial charge in [0.1, 0.15) is 0 Å². The summed E-state index contributed by atoms with van der Waals surface area (Å²) in [6.45, 7) is 1.06. The Balaban J connectivity index is 1.35. The lowest BCUT2D eigenvalue weighted by Gasteiger charge is -2.33. The van der Waals surface area contributed by atoms with E-state index < -0.39 is 0 Å². The largest absolute Gasteiger partial charge is 0.370 e. The first-order valence-electron chi connectivity index (χ1n) is 9.26. The second kappa shape index (κ2) is 7.04.